The summed E-state index contributed by atoms with van der Waals surface area (Å²) in [6.07, 6.45) is 1.32. The fourth-order valence-electron chi connectivity index (χ4n) is 2.57. The van der Waals surface area contributed by atoms with Crippen molar-refractivity contribution in [3.63, 3.8) is 0 Å². The highest BCUT2D eigenvalue weighted by Crippen LogP contribution is 2.28. The van der Waals surface area contributed by atoms with Crippen LogP contribution in [0, 0.1) is 5.92 Å². The van der Waals surface area contributed by atoms with Crippen LogP contribution in [-0.2, 0) is 16.4 Å². The van der Waals surface area contributed by atoms with Crippen molar-refractivity contribution in [3.05, 3.63) is 16.1 Å². The van der Waals surface area contributed by atoms with E-state index in [2.05, 4.69) is 23.6 Å². The van der Waals surface area contributed by atoms with Crippen LogP contribution in [0.2, 0.25) is 0 Å². The van der Waals surface area contributed by atoms with Gasteiger partial charge < -0.3 is 0 Å². The van der Waals surface area contributed by atoms with Gasteiger partial charge in [-0.15, -0.1) is 11.3 Å². The third-order valence-corrected chi connectivity index (χ3v) is 6.45. The minimum absolute atomic E-state index is 0.0377. The van der Waals surface area contributed by atoms with Crippen molar-refractivity contribution < 1.29 is 12.8 Å². The standard InChI is InChI=1S/C14H23FN2O2S2/c1-10(2)14-17-13(8-20-14)5-6-16-21(18,19)9-11-3-4-12(15)7-11/h8,10-12,16H,3-7,9H2,1-2H3. The van der Waals surface area contributed by atoms with Crippen molar-refractivity contribution in [3.8, 4) is 0 Å². The van der Waals surface area contributed by atoms with Gasteiger partial charge in [0.2, 0.25) is 10.0 Å². The Morgan fingerprint density at radius 2 is 2.24 bits per heavy atom. The van der Waals surface area contributed by atoms with Crippen LogP contribution >= 0.6 is 11.3 Å². The number of hydrogen-bond donors (Lipinski definition) is 1. The van der Waals surface area contributed by atoms with E-state index in [1.165, 1.54) is 0 Å². The van der Waals surface area contributed by atoms with Gasteiger partial charge in [0.1, 0.15) is 6.17 Å². The largest absolute Gasteiger partial charge is 0.247 e. The Bertz CT molecular complexity index is 557. The summed E-state index contributed by atoms with van der Waals surface area (Å²) in [5.74, 6) is 0.405. The highest BCUT2D eigenvalue weighted by Gasteiger charge is 2.28. The van der Waals surface area contributed by atoms with Crippen molar-refractivity contribution in [2.45, 2.75) is 51.6 Å². The molecule has 0 aliphatic heterocycles. The molecule has 120 valence electrons. The molecule has 0 radical (unpaired) electrons. The van der Waals surface area contributed by atoms with E-state index in [4.69, 9.17) is 0 Å². The molecule has 21 heavy (non-hydrogen) atoms. The lowest BCUT2D eigenvalue weighted by Gasteiger charge is -2.10. The van der Waals surface area contributed by atoms with Crippen molar-refractivity contribution in [1.29, 1.82) is 0 Å². The van der Waals surface area contributed by atoms with E-state index in [9.17, 15) is 12.8 Å². The smallest absolute Gasteiger partial charge is 0.211 e. The molecule has 1 fully saturated rings. The summed E-state index contributed by atoms with van der Waals surface area (Å²) in [7, 11) is -3.31. The normalized spacial score (nSPS) is 23.0. The molecule has 0 saturated heterocycles. The Morgan fingerprint density at radius 1 is 1.48 bits per heavy atom. The quantitative estimate of drug-likeness (QED) is 0.834. The minimum atomic E-state index is -3.31. The maximum absolute atomic E-state index is 13.1. The zero-order chi connectivity index (χ0) is 15.5. The maximum atomic E-state index is 13.1. The molecule has 7 heteroatoms. The predicted molar refractivity (Wildman–Crippen MR) is 83.9 cm³/mol. The zero-order valence-electron chi connectivity index (χ0n) is 12.5. The summed E-state index contributed by atoms with van der Waals surface area (Å²) in [6, 6.07) is 0. The molecule has 0 aromatic carbocycles. The molecular formula is C14H23FN2O2S2. The number of alkyl halides is 1. The lowest BCUT2D eigenvalue weighted by atomic mass is 10.1. The summed E-state index contributed by atoms with van der Waals surface area (Å²) < 4.78 is 39.6. The van der Waals surface area contributed by atoms with Gasteiger partial charge in [0, 0.05) is 24.3 Å². The summed E-state index contributed by atoms with van der Waals surface area (Å²) in [6.45, 7) is 4.53. The number of thiazole rings is 1. The van der Waals surface area contributed by atoms with E-state index in [1.54, 1.807) is 11.3 Å². The van der Waals surface area contributed by atoms with Crippen LogP contribution in [-0.4, -0.2) is 31.9 Å². The van der Waals surface area contributed by atoms with Crippen LogP contribution in [0.3, 0.4) is 0 Å². The lowest BCUT2D eigenvalue weighted by Crippen LogP contribution is -2.31. The SMILES string of the molecule is CC(C)c1nc(CCNS(=O)(=O)CC2CCC(F)C2)cs1. The Kier molecular flexibility index (Phi) is 5.73. The molecule has 1 saturated carbocycles. The van der Waals surface area contributed by atoms with Gasteiger partial charge in [0.15, 0.2) is 0 Å². The second-order valence-corrected chi connectivity index (χ2v) is 8.78. The van der Waals surface area contributed by atoms with Crippen LogP contribution in [0.15, 0.2) is 5.38 Å². The molecule has 1 heterocycles. The van der Waals surface area contributed by atoms with Crippen LogP contribution in [0.25, 0.3) is 0 Å². The Balaban J connectivity index is 1.76. The number of sulfonamides is 1. The van der Waals surface area contributed by atoms with Gasteiger partial charge in [-0.05, 0) is 25.2 Å². The Hall–Kier alpha value is -0.530. The number of halogens is 1. The lowest BCUT2D eigenvalue weighted by molar-refractivity contribution is 0.334. The summed E-state index contributed by atoms with van der Waals surface area (Å²) in [5, 5.41) is 3.06. The molecule has 1 aliphatic rings. The van der Waals surface area contributed by atoms with Crippen LogP contribution in [0.5, 0.6) is 0 Å². The summed E-state index contributed by atoms with van der Waals surface area (Å²) >= 11 is 1.61. The van der Waals surface area contributed by atoms with Crippen molar-refractivity contribution in [2.24, 2.45) is 5.92 Å². The summed E-state index contributed by atoms with van der Waals surface area (Å²) in [4.78, 5) is 4.48. The van der Waals surface area contributed by atoms with Gasteiger partial charge in [-0.25, -0.2) is 22.5 Å². The molecule has 0 bridgehead atoms. The number of nitrogens with zero attached hydrogens (tertiary/aromatic N) is 1. The molecule has 4 nitrogen and oxygen atoms in total. The molecule has 2 rings (SSSR count). The molecule has 1 N–H and O–H groups in total. The average molecular weight is 334 g/mol. The van der Waals surface area contributed by atoms with Crippen molar-refractivity contribution in [2.75, 3.05) is 12.3 Å². The first-order valence-corrected chi connectivity index (χ1v) is 9.94. The first kappa shape index (κ1) is 16.8. The molecule has 0 spiro atoms. The fraction of sp³-hybridized carbons (Fsp3) is 0.786. The Labute approximate surface area is 130 Å². The molecule has 1 aromatic heterocycles. The number of aromatic nitrogens is 1. The first-order chi connectivity index (χ1) is 9.85. The molecule has 2 unspecified atom stereocenters. The monoisotopic (exact) mass is 334 g/mol. The fourth-order valence-corrected chi connectivity index (χ4v) is 4.90. The van der Waals surface area contributed by atoms with E-state index in [1.807, 2.05) is 5.38 Å². The average Bonchev–Trinajstić information content (AvgIpc) is 2.98. The van der Waals surface area contributed by atoms with Gasteiger partial charge in [-0.1, -0.05) is 13.8 Å². The van der Waals surface area contributed by atoms with Gasteiger partial charge in [0.05, 0.1) is 16.5 Å². The minimum Gasteiger partial charge on any atom is -0.247 e. The molecule has 1 aromatic rings. The number of hydrogen-bond acceptors (Lipinski definition) is 4. The number of nitrogens with one attached hydrogen (secondary N) is 1. The van der Waals surface area contributed by atoms with E-state index in [0.29, 0.717) is 38.1 Å². The van der Waals surface area contributed by atoms with Crippen LogP contribution < -0.4 is 4.72 Å². The van der Waals surface area contributed by atoms with E-state index >= 15 is 0 Å². The summed E-state index contributed by atoms with van der Waals surface area (Å²) in [5.41, 5.74) is 0.927. The van der Waals surface area contributed by atoms with Crippen LogP contribution in [0.1, 0.15) is 49.7 Å². The van der Waals surface area contributed by atoms with Gasteiger partial charge in [-0.3, -0.25) is 0 Å². The van der Waals surface area contributed by atoms with Gasteiger partial charge in [-0.2, -0.15) is 0 Å². The molecular weight excluding hydrogens is 311 g/mol. The first-order valence-electron chi connectivity index (χ1n) is 7.41. The third kappa shape index (κ3) is 5.30. The van der Waals surface area contributed by atoms with Crippen molar-refractivity contribution in [1.82, 2.24) is 9.71 Å². The van der Waals surface area contributed by atoms with E-state index < -0.39 is 16.2 Å². The predicted octanol–water partition coefficient (Wildman–Crippen LogP) is 2.87. The zero-order valence-corrected chi connectivity index (χ0v) is 14.1. The van der Waals surface area contributed by atoms with E-state index in [-0.39, 0.29) is 11.7 Å². The van der Waals surface area contributed by atoms with Crippen LogP contribution in [0.4, 0.5) is 4.39 Å². The third-order valence-electron chi connectivity index (χ3n) is 3.70. The molecule has 1 aliphatic carbocycles. The number of rotatable bonds is 7. The topological polar surface area (TPSA) is 59.1 Å². The van der Waals surface area contributed by atoms with E-state index in [0.717, 1.165) is 10.7 Å². The molecule has 2 atom stereocenters. The van der Waals surface area contributed by atoms with Gasteiger partial charge in [0.25, 0.3) is 0 Å². The highest BCUT2D eigenvalue weighted by molar-refractivity contribution is 7.89. The Morgan fingerprint density at radius 3 is 2.81 bits per heavy atom. The second-order valence-electron chi connectivity index (χ2n) is 6.03. The second kappa shape index (κ2) is 7.15. The highest BCUT2D eigenvalue weighted by atomic mass is 32.2. The van der Waals surface area contributed by atoms with Crippen molar-refractivity contribution >= 4 is 21.4 Å². The maximum Gasteiger partial charge on any atom is 0.211 e. The van der Waals surface area contributed by atoms with Gasteiger partial charge >= 0.3 is 0 Å². The molecule has 0 amide bonds.